The van der Waals surface area contributed by atoms with Crippen LogP contribution < -0.4 is 10.2 Å². The van der Waals surface area contributed by atoms with E-state index in [1.54, 1.807) is 43.5 Å². The largest absolute Gasteiger partial charge is 0.441 e. The van der Waals surface area contributed by atoms with Crippen LogP contribution in [0.4, 0.5) is 25.1 Å². The first-order valence-electron chi connectivity index (χ1n) is 11.1. The molecular formula is C24H25F2N5O2. The summed E-state index contributed by atoms with van der Waals surface area (Å²) >= 11 is 0. The van der Waals surface area contributed by atoms with E-state index in [1.807, 2.05) is 6.07 Å². The van der Waals surface area contributed by atoms with Gasteiger partial charge in [-0.2, -0.15) is 9.49 Å². The predicted octanol–water partition coefficient (Wildman–Crippen LogP) is 4.85. The molecule has 172 valence electrons. The van der Waals surface area contributed by atoms with Crippen molar-refractivity contribution in [2.45, 2.75) is 38.2 Å². The topological polar surface area (TPSA) is 72.3 Å². The highest BCUT2D eigenvalue weighted by molar-refractivity contribution is 5.90. The first-order valence-corrected chi connectivity index (χ1v) is 11.1. The molecule has 2 aromatic heterocycles. The number of nitrogens with zero attached hydrogens (tertiary/aromatic N) is 4. The molecule has 3 heterocycles. The van der Waals surface area contributed by atoms with Gasteiger partial charge in [-0.25, -0.2) is 18.9 Å². The zero-order valence-electron chi connectivity index (χ0n) is 18.3. The number of aryl methyl sites for hydroxylation is 1. The molecule has 1 aliphatic carbocycles. The van der Waals surface area contributed by atoms with Crippen LogP contribution in [0.1, 0.15) is 31.4 Å². The van der Waals surface area contributed by atoms with Gasteiger partial charge >= 0.3 is 6.09 Å². The summed E-state index contributed by atoms with van der Waals surface area (Å²) in [7, 11) is 0. The second-order valence-corrected chi connectivity index (χ2v) is 8.82. The van der Waals surface area contributed by atoms with Crippen LogP contribution in [-0.2, 0) is 4.74 Å². The number of hydrogen-bond donors (Lipinski definition) is 1. The number of pyridine rings is 1. The molecule has 0 radical (unpaired) electrons. The summed E-state index contributed by atoms with van der Waals surface area (Å²) in [6.07, 6.45) is 4.38. The van der Waals surface area contributed by atoms with Crippen molar-refractivity contribution < 1.29 is 18.3 Å². The molecule has 0 atom stereocenters. The minimum atomic E-state index is -0.656. The highest BCUT2D eigenvalue weighted by Gasteiger charge is 2.48. The van der Waals surface area contributed by atoms with Gasteiger partial charge in [-0.1, -0.05) is 12.1 Å². The summed E-state index contributed by atoms with van der Waals surface area (Å²) in [6, 6.07) is 11.6. The van der Waals surface area contributed by atoms with Crippen LogP contribution in [0.3, 0.4) is 0 Å². The highest BCUT2D eigenvalue weighted by Crippen LogP contribution is 2.41. The summed E-state index contributed by atoms with van der Waals surface area (Å²) in [6.45, 7) is 2.76. The Balaban J connectivity index is 1.17. The number of para-hydroxylation sites is 1. The molecule has 1 aromatic carbocycles. The average Bonchev–Trinajstić information content (AvgIpc) is 3.38. The number of ether oxygens (including phenoxy) is 1. The van der Waals surface area contributed by atoms with Crippen molar-refractivity contribution in [2.24, 2.45) is 5.92 Å². The van der Waals surface area contributed by atoms with Gasteiger partial charge in [0.1, 0.15) is 28.6 Å². The van der Waals surface area contributed by atoms with Crippen molar-refractivity contribution in [3.63, 3.8) is 0 Å². The van der Waals surface area contributed by atoms with Gasteiger partial charge in [0, 0.05) is 24.5 Å². The average molecular weight is 453 g/mol. The summed E-state index contributed by atoms with van der Waals surface area (Å²) < 4.78 is 35.5. The van der Waals surface area contributed by atoms with E-state index in [4.69, 9.17) is 4.74 Å². The van der Waals surface area contributed by atoms with Crippen LogP contribution >= 0.6 is 0 Å². The summed E-state index contributed by atoms with van der Waals surface area (Å²) in [5.41, 5.74) is 0.539. The number of benzene rings is 1. The zero-order valence-corrected chi connectivity index (χ0v) is 18.3. The Labute approximate surface area is 190 Å². The van der Waals surface area contributed by atoms with Crippen molar-refractivity contribution in [1.82, 2.24) is 14.8 Å². The number of anilines is 2. The molecule has 5 rings (SSSR count). The molecule has 1 saturated carbocycles. The molecular weight excluding hydrogens is 428 g/mol. The summed E-state index contributed by atoms with van der Waals surface area (Å²) in [5.74, 6) is 0.0852. The summed E-state index contributed by atoms with van der Waals surface area (Å²) in [5, 5.41) is 7.74. The minimum Gasteiger partial charge on any atom is -0.441 e. The van der Waals surface area contributed by atoms with Gasteiger partial charge in [-0.3, -0.25) is 4.90 Å². The van der Waals surface area contributed by atoms with Crippen molar-refractivity contribution in [1.29, 1.82) is 0 Å². The maximum atomic E-state index is 14.3. The fourth-order valence-electron chi connectivity index (χ4n) is 4.63. The number of hydrogen-bond acceptors (Lipinski definition) is 5. The molecule has 0 bridgehead atoms. The summed E-state index contributed by atoms with van der Waals surface area (Å²) in [4.78, 5) is 17.7. The van der Waals surface area contributed by atoms with Crippen LogP contribution in [0.15, 0.2) is 48.7 Å². The van der Waals surface area contributed by atoms with E-state index in [-0.39, 0.29) is 11.5 Å². The Morgan fingerprint density at radius 3 is 2.67 bits per heavy atom. The first-order chi connectivity index (χ1) is 15.9. The van der Waals surface area contributed by atoms with Crippen LogP contribution in [0.2, 0.25) is 0 Å². The van der Waals surface area contributed by atoms with E-state index in [0.29, 0.717) is 42.5 Å². The number of aromatic nitrogens is 3. The number of carbonyl (C=O) groups is 1. The molecule has 2 fully saturated rings. The second-order valence-electron chi connectivity index (χ2n) is 8.82. The molecule has 2 aliphatic rings. The lowest BCUT2D eigenvalue weighted by atomic mass is 9.78. The number of rotatable bonds is 5. The van der Waals surface area contributed by atoms with Gasteiger partial charge in [0.2, 0.25) is 5.95 Å². The molecule has 9 heteroatoms. The Bertz CT molecular complexity index is 1170. The van der Waals surface area contributed by atoms with E-state index >= 15 is 0 Å². The lowest BCUT2D eigenvalue weighted by Crippen LogP contribution is -2.39. The van der Waals surface area contributed by atoms with E-state index < -0.39 is 17.6 Å². The monoisotopic (exact) mass is 453 g/mol. The van der Waals surface area contributed by atoms with E-state index in [1.165, 1.54) is 15.6 Å². The smallest absolute Gasteiger partial charge is 0.415 e. The third-order valence-electron chi connectivity index (χ3n) is 6.51. The molecule has 33 heavy (non-hydrogen) atoms. The Hall–Kier alpha value is -3.49. The van der Waals surface area contributed by atoms with E-state index in [2.05, 4.69) is 15.4 Å². The zero-order chi connectivity index (χ0) is 23.0. The molecule has 1 spiro atoms. The third-order valence-corrected chi connectivity index (χ3v) is 6.51. The fraction of sp³-hybridized carbons (Fsp3) is 0.375. The molecule has 1 N–H and O–H groups in total. The van der Waals surface area contributed by atoms with Crippen LogP contribution in [0, 0.1) is 24.6 Å². The lowest BCUT2D eigenvalue weighted by Gasteiger charge is -2.35. The Morgan fingerprint density at radius 1 is 1.12 bits per heavy atom. The molecule has 1 saturated heterocycles. The molecule has 1 aliphatic heterocycles. The maximum absolute atomic E-state index is 14.3. The maximum Gasteiger partial charge on any atom is 0.415 e. The van der Waals surface area contributed by atoms with Gasteiger partial charge < -0.3 is 10.1 Å². The van der Waals surface area contributed by atoms with E-state index in [9.17, 15) is 13.6 Å². The van der Waals surface area contributed by atoms with Crippen molar-refractivity contribution in [2.75, 3.05) is 23.3 Å². The minimum absolute atomic E-state index is 0.164. The van der Waals surface area contributed by atoms with Crippen molar-refractivity contribution in [3.8, 4) is 5.69 Å². The van der Waals surface area contributed by atoms with Gasteiger partial charge in [-0.15, -0.1) is 0 Å². The highest BCUT2D eigenvalue weighted by atomic mass is 19.1. The van der Waals surface area contributed by atoms with Crippen LogP contribution in [-0.4, -0.2) is 39.5 Å². The molecule has 7 nitrogen and oxygen atoms in total. The van der Waals surface area contributed by atoms with Crippen molar-refractivity contribution >= 4 is 17.6 Å². The molecule has 1 amide bonds. The number of amides is 1. The molecule has 3 aromatic rings. The van der Waals surface area contributed by atoms with E-state index in [0.717, 1.165) is 19.4 Å². The number of carbonyl (C=O) groups excluding carboxylic acids is 1. The lowest BCUT2D eigenvalue weighted by molar-refractivity contribution is 0.0148. The van der Waals surface area contributed by atoms with Gasteiger partial charge in [0.15, 0.2) is 0 Å². The quantitative estimate of drug-likeness (QED) is 0.559. The number of halogens is 2. The van der Waals surface area contributed by atoms with Gasteiger partial charge in [-0.05, 0) is 62.8 Å². The first kappa shape index (κ1) is 21.4. The third kappa shape index (κ3) is 4.27. The predicted molar refractivity (Wildman–Crippen MR) is 119 cm³/mol. The number of nitrogens with one attached hydrogen (secondary N) is 1. The van der Waals surface area contributed by atoms with Crippen LogP contribution in [0.25, 0.3) is 5.69 Å². The van der Waals surface area contributed by atoms with Crippen molar-refractivity contribution in [3.05, 3.63) is 66.1 Å². The molecule has 0 unspecified atom stereocenters. The Kier molecular flexibility index (Phi) is 5.47. The Morgan fingerprint density at radius 2 is 1.91 bits per heavy atom. The standard InChI is InChI=1S/C24H25F2N5O2/c1-16-6-7-20(22(26)28-16)30-15-24(33-23(30)32)11-8-17(9-12-24)14-27-21-10-13-31(29-21)19-5-3-2-4-18(19)25/h2-7,10,13,17H,8-9,11-12,14-15H2,1H3,(H,27,29)/t17-,24-. The fourth-order valence-corrected chi connectivity index (χ4v) is 4.63. The second kappa shape index (κ2) is 8.46. The SMILES string of the molecule is Cc1ccc(N2C[C@]3(CC[C@@H](CNc4ccn(-c5ccccc5F)n4)CC3)OC2=O)c(F)n1. The van der Waals surface area contributed by atoms with Gasteiger partial charge in [0.25, 0.3) is 0 Å². The normalized spacial score (nSPS) is 22.6. The van der Waals surface area contributed by atoms with Gasteiger partial charge in [0.05, 0.1) is 6.54 Å². The van der Waals surface area contributed by atoms with Crippen LogP contribution in [0.5, 0.6) is 0 Å².